The van der Waals surface area contributed by atoms with Crippen molar-refractivity contribution in [3.8, 4) is 6.07 Å². The molecular formula is C25H32FN. The first-order valence-corrected chi connectivity index (χ1v) is 11.0. The van der Waals surface area contributed by atoms with Crippen molar-refractivity contribution in [1.29, 1.82) is 5.26 Å². The highest BCUT2D eigenvalue weighted by Gasteiger charge is 2.38. The van der Waals surface area contributed by atoms with Crippen molar-refractivity contribution in [2.75, 3.05) is 0 Å². The maximum atomic E-state index is 14.0. The molecule has 27 heavy (non-hydrogen) atoms. The highest BCUT2D eigenvalue weighted by Crippen LogP contribution is 2.50. The Labute approximate surface area is 163 Å². The summed E-state index contributed by atoms with van der Waals surface area (Å²) in [5, 5.41) is 8.91. The molecule has 0 aliphatic heterocycles. The molecule has 3 saturated carbocycles. The molecule has 0 amide bonds. The molecule has 0 bridgehead atoms. The van der Waals surface area contributed by atoms with Gasteiger partial charge in [-0.2, -0.15) is 5.26 Å². The van der Waals surface area contributed by atoms with Crippen LogP contribution in [0, 0.1) is 46.7 Å². The molecule has 1 aromatic carbocycles. The third-order valence-corrected chi connectivity index (χ3v) is 8.05. The SMILES string of the molecule is C=CC1CCC2CC(C3CCC(c4ccc(C#N)c(F)c4)CC3)CCC2C1. The quantitative estimate of drug-likeness (QED) is 0.530. The maximum Gasteiger partial charge on any atom is 0.141 e. The normalized spacial score (nSPS) is 36.4. The Morgan fingerprint density at radius 3 is 2.19 bits per heavy atom. The van der Waals surface area contributed by atoms with Gasteiger partial charge >= 0.3 is 0 Å². The summed E-state index contributed by atoms with van der Waals surface area (Å²) in [5.41, 5.74) is 1.26. The highest BCUT2D eigenvalue weighted by atomic mass is 19.1. The zero-order chi connectivity index (χ0) is 18.8. The zero-order valence-corrected chi connectivity index (χ0v) is 16.4. The molecule has 2 heteroatoms. The molecule has 3 fully saturated rings. The number of fused-ring (bicyclic) bond motifs is 1. The van der Waals surface area contributed by atoms with E-state index in [1.54, 1.807) is 12.1 Å². The summed E-state index contributed by atoms with van der Waals surface area (Å²) in [7, 11) is 0. The standard InChI is InChI=1S/C25H32FN/c1-2-17-3-4-22-14-21(10-9-20(22)13-17)18-5-7-19(8-6-18)23-11-12-24(16-27)25(26)15-23/h2,11-12,15,17-22H,1,3-10,13-14H2. The smallest absolute Gasteiger partial charge is 0.141 e. The molecule has 0 spiro atoms. The predicted octanol–water partition coefficient (Wildman–Crippen LogP) is 6.99. The molecule has 3 aliphatic carbocycles. The number of allylic oxidation sites excluding steroid dienone is 1. The van der Waals surface area contributed by atoms with Gasteiger partial charge in [0.05, 0.1) is 5.56 Å². The topological polar surface area (TPSA) is 23.8 Å². The minimum atomic E-state index is -0.356. The van der Waals surface area contributed by atoms with Crippen LogP contribution in [0.5, 0.6) is 0 Å². The first-order chi connectivity index (χ1) is 13.2. The van der Waals surface area contributed by atoms with Crippen molar-refractivity contribution in [1.82, 2.24) is 0 Å². The van der Waals surface area contributed by atoms with E-state index in [0.717, 1.165) is 35.2 Å². The maximum absolute atomic E-state index is 14.0. The first-order valence-electron chi connectivity index (χ1n) is 11.0. The van der Waals surface area contributed by atoms with Gasteiger partial charge in [0.2, 0.25) is 0 Å². The average molecular weight is 366 g/mol. The van der Waals surface area contributed by atoms with Crippen molar-refractivity contribution in [2.24, 2.45) is 29.6 Å². The van der Waals surface area contributed by atoms with E-state index < -0.39 is 0 Å². The fraction of sp³-hybridized carbons (Fsp3) is 0.640. The van der Waals surface area contributed by atoms with Crippen LogP contribution < -0.4 is 0 Å². The number of nitrogens with zero attached hydrogens (tertiary/aromatic N) is 1. The van der Waals surface area contributed by atoms with Crippen molar-refractivity contribution in [3.63, 3.8) is 0 Å². The lowest BCUT2D eigenvalue weighted by Gasteiger charge is -2.45. The summed E-state index contributed by atoms with van der Waals surface area (Å²) in [6, 6.07) is 7.15. The number of nitriles is 1. The Morgan fingerprint density at radius 1 is 0.889 bits per heavy atom. The second-order valence-corrected chi connectivity index (χ2v) is 9.36. The van der Waals surface area contributed by atoms with Crippen LogP contribution in [0.3, 0.4) is 0 Å². The van der Waals surface area contributed by atoms with Crippen molar-refractivity contribution in [2.45, 2.75) is 70.1 Å². The van der Waals surface area contributed by atoms with Crippen molar-refractivity contribution >= 4 is 0 Å². The van der Waals surface area contributed by atoms with Gasteiger partial charge in [-0.15, -0.1) is 6.58 Å². The van der Waals surface area contributed by atoms with Crippen LogP contribution in [0.1, 0.15) is 81.3 Å². The molecule has 0 aromatic heterocycles. The number of benzene rings is 1. The Morgan fingerprint density at radius 2 is 1.52 bits per heavy atom. The third-order valence-electron chi connectivity index (χ3n) is 8.05. The number of hydrogen-bond donors (Lipinski definition) is 0. The van der Waals surface area contributed by atoms with Gasteiger partial charge in [0.15, 0.2) is 0 Å². The van der Waals surface area contributed by atoms with Crippen molar-refractivity contribution < 1.29 is 4.39 Å². The molecule has 0 saturated heterocycles. The van der Waals surface area contributed by atoms with Crippen LogP contribution in [-0.2, 0) is 0 Å². The molecular weight excluding hydrogens is 333 g/mol. The van der Waals surface area contributed by atoms with E-state index in [2.05, 4.69) is 12.7 Å². The lowest BCUT2D eigenvalue weighted by molar-refractivity contribution is 0.0719. The highest BCUT2D eigenvalue weighted by molar-refractivity contribution is 5.34. The van der Waals surface area contributed by atoms with E-state index in [9.17, 15) is 4.39 Å². The molecule has 0 N–H and O–H groups in total. The average Bonchev–Trinajstić information content (AvgIpc) is 2.73. The number of hydrogen-bond acceptors (Lipinski definition) is 1. The number of halogens is 1. The van der Waals surface area contributed by atoms with E-state index in [1.807, 2.05) is 12.1 Å². The Hall–Kier alpha value is -1.62. The molecule has 4 unspecified atom stereocenters. The van der Waals surface area contributed by atoms with Crippen LogP contribution >= 0.6 is 0 Å². The van der Waals surface area contributed by atoms with Crippen LogP contribution in [-0.4, -0.2) is 0 Å². The Bertz CT molecular complexity index is 710. The zero-order valence-electron chi connectivity index (χ0n) is 16.4. The van der Waals surface area contributed by atoms with Gasteiger partial charge in [0, 0.05) is 0 Å². The first kappa shape index (κ1) is 18.7. The molecule has 4 rings (SSSR count). The van der Waals surface area contributed by atoms with Gasteiger partial charge in [-0.05, 0) is 117 Å². The van der Waals surface area contributed by atoms with Gasteiger partial charge in [0.1, 0.15) is 11.9 Å². The second-order valence-electron chi connectivity index (χ2n) is 9.36. The van der Waals surface area contributed by atoms with Crippen LogP contribution in [0.2, 0.25) is 0 Å². The summed E-state index contributed by atoms with van der Waals surface area (Å²) in [5.74, 6) is 4.61. The fourth-order valence-electron chi connectivity index (χ4n) is 6.40. The molecule has 1 nitrogen and oxygen atoms in total. The van der Waals surface area contributed by atoms with Crippen molar-refractivity contribution in [3.05, 3.63) is 47.8 Å². The summed E-state index contributed by atoms with van der Waals surface area (Å²) in [4.78, 5) is 0. The number of rotatable bonds is 3. The minimum Gasteiger partial charge on any atom is -0.206 e. The minimum absolute atomic E-state index is 0.162. The van der Waals surface area contributed by atoms with Gasteiger partial charge in [0.25, 0.3) is 0 Å². The molecule has 3 aliphatic rings. The van der Waals surface area contributed by atoms with E-state index in [1.165, 1.54) is 64.2 Å². The Balaban J connectivity index is 1.32. The van der Waals surface area contributed by atoms with E-state index in [-0.39, 0.29) is 11.4 Å². The predicted molar refractivity (Wildman–Crippen MR) is 108 cm³/mol. The lowest BCUT2D eigenvalue weighted by atomic mass is 9.61. The monoisotopic (exact) mass is 365 g/mol. The van der Waals surface area contributed by atoms with Gasteiger partial charge < -0.3 is 0 Å². The van der Waals surface area contributed by atoms with Crippen LogP contribution in [0.4, 0.5) is 4.39 Å². The van der Waals surface area contributed by atoms with Gasteiger partial charge in [-0.25, -0.2) is 4.39 Å². The largest absolute Gasteiger partial charge is 0.206 e. The van der Waals surface area contributed by atoms with Gasteiger partial charge in [-0.3, -0.25) is 0 Å². The molecule has 0 radical (unpaired) electrons. The van der Waals surface area contributed by atoms with E-state index in [4.69, 9.17) is 5.26 Å². The summed E-state index contributed by atoms with van der Waals surface area (Å²) < 4.78 is 14.0. The third kappa shape index (κ3) is 3.98. The Kier molecular flexibility index (Phi) is 5.67. The van der Waals surface area contributed by atoms with E-state index in [0.29, 0.717) is 5.92 Å². The summed E-state index contributed by atoms with van der Waals surface area (Å²) >= 11 is 0. The summed E-state index contributed by atoms with van der Waals surface area (Å²) in [6.07, 6.45) is 15.6. The summed E-state index contributed by atoms with van der Waals surface area (Å²) in [6.45, 7) is 4.02. The van der Waals surface area contributed by atoms with E-state index >= 15 is 0 Å². The second kappa shape index (κ2) is 8.17. The molecule has 144 valence electrons. The van der Waals surface area contributed by atoms with Crippen LogP contribution in [0.25, 0.3) is 0 Å². The van der Waals surface area contributed by atoms with Crippen LogP contribution in [0.15, 0.2) is 30.9 Å². The fourth-order valence-corrected chi connectivity index (χ4v) is 6.40. The molecule has 4 atom stereocenters. The molecule has 0 heterocycles. The molecule has 1 aromatic rings. The lowest BCUT2D eigenvalue weighted by Crippen LogP contribution is -2.34. The van der Waals surface area contributed by atoms with Gasteiger partial charge in [-0.1, -0.05) is 12.1 Å².